The molecule has 2 aromatic carbocycles. The van der Waals surface area contributed by atoms with E-state index in [9.17, 15) is 102 Å². The van der Waals surface area contributed by atoms with E-state index in [0.717, 1.165) is 25.7 Å². The van der Waals surface area contributed by atoms with E-state index >= 15 is 0 Å². The molecule has 0 saturated carbocycles. The van der Waals surface area contributed by atoms with Crippen LogP contribution in [-0.4, -0.2) is 249 Å². The second-order valence-electron chi connectivity index (χ2n) is 25.5. The number of amides is 12. The molecule has 3 heterocycles. The highest BCUT2D eigenvalue weighted by Gasteiger charge is 2.42. The number of nitrogens with two attached hydrogens (primary N) is 2. The van der Waals surface area contributed by atoms with Crippen LogP contribution in [0.2, 0.25) is 0 Å². The molecule has 5 rings (SSSR count). The topological polar surface area (TPSA) is 655 Å². The number of aliphatic hydroxyl groups is 1. The summed E-state index contributed by atoms with van der Waals surface area (Å²) >= 11 is 0. The molecule has 1 aliphatic rings. The first-order valence-electron chi connectivity index (χ1n) is 34.2. The summed E-state index contributed by atoms with van der Waals surface area (Å²) in [5, 5.41) is 85.2. The minimum absolute atomic E-state index is 0.0157. The normalized spacial score (nSPS) is 16.0. The van der Waals surface area contributed by atoms with Crippen LogP contribution >= 0.6 is 0 Å². The van der Waals surface area contributed by atoms with Gasteiger partial charge in [-0.1, -0.05) is 60.7 Å². The highest BCUT2D eigenvalue weighted by Crippen LogP contribution is 2.21. The molecule has 0 unspecified atom stereocenters. The Balaban J connectivity index is 1.29. The number of hydrogen-bond donors (Lipinski definition) is 22. The third-order valence-corrected chi connectivity index (χ3v) is 16.8. The molecule has 0 bridgehead atoms. The van der Waals surface area contributed by atoms with Crippen LogP contribution in [0.15, 0.2) is 85.7 Å². The molecule has 586 valence electrons. The van der Waals surface area contributed by atoms with Crippen molar-refractivity contribution in [1.29, 1.82) is 5.41 Å². The van der Waals surface area contributed by atoms with E-state index < -0.39 is 205 Å². The predicted molar refractivity (Wildman–Crippen MR) is 376 cm³/mol. The number of H-pyrrole nitrogens is 2. The molecule has 1 aliphatic heterocycles. The SMILES string of the molecule is C[C@H](NC(=O)[C@@H](NC(=O)[C@H](CC(=O)O)NC(=O)[C@H](Cc1ccccc1)NC(=O)[C@H](Cc1ccccc1)NC(=O)[C@H](C)NC(=O)[C@H](C)NC(=O)[C@H](CCC(=O)O)NC(=O)[C@H](CC(=O)O)NC(=O)[C@@H]1CCCN1C(=O)[C@H](Cc1c[nH]cn1)NC(=O)[C@H](CCCNC(=N)N)NC(=O)[C@@H](N)Cc1c[nH]cn1)[C@@H](C)O)C(=O)O. The zero-order valence-corrected chi connectivity index (χ0v) is 59.3. The molecule has 0 aliphatic carbocycles. The lowest BCUT2D eigenvalue weighted by atomic mass is 10.0. The fourth-order valence-electron chi connectivity index (χ4n) is 11.0. The Labute approximate surface area is 617 Å². The van der Waals surface area contributed by atoms with Gasteiger partial charge in [0.2, 0.25) is 70.9 Å². The van der Waals surface area contributed by atoms with Crippen molar-refractivity contribution in [2.24, 2.45) is 11.5 Å². The fourth-order valence-corrected chi connectivity index (χ4v) is 11.0. The van der Waals surface area contributed by atoms with Gasteiger partial charge >= 0.3 is 23.9 Å². The molecule has 24 N–H and O–H groups in total. The van der Waals surface area contributed by atoms with Crippen molar-refractivity contribution >= 4 is 101 Å². The van der Waals surface area contributed by atoms with Crippen LogP contribution in [0, 0.1) is 5.41 Å². The van der Waals surface area contributed by atoms with Crippen LogP contribution in [0.4, 0.5) is 0 Å². The Kier molecular flexibility index (Phi) is 33.9. The molecule has 41 heteroatoms. The number of aliphatic hydroxyl groups excluding tert-OH is 1. The first-order chi connectivity index (χ1) is 51.1. The summed E-state index contributed by atoms with van der Waals surface area (Å²) in [6.07, 6.45) is -0.364. The number of guanidine groups is 1. The van der Waals surface area contributed by atoms with E-state index in [1.54, 1.807) is 60.7 Å². The molecule has 108 heavy (non-hydrogen) atoms. The molecule has 1 fully saturated rings. The average molecular weight is 1510 g/mol. The number of aromatic nitrogens is 4. The third-order valence-electron chi connectivity index (χ3n) is 16.8. The monoisotopic (exact) mass is 1510 g/mol. The van der Waals surface area contributed by atoms with Gasteiger partial charge < -0.3 is 116 Å². The number of imidazole rings is 2. The van der Waals surface area contributed by atoms with Crippen LogP contribution in [0.5, 0.6) is 0 Å². The molecule has 41 nitrogen and oxygen atoms in total. The quantitative estimate of drug-likeness (QED) is 0.0111. The third kappa shape index (κ3) is 28.6. The lowest BCUT2D eigenvalue weighted by molar-refractivity contribution is -0.144. The van der Waals surface area contributed by atoms with E-state index in [0.29, 0.717) is 16.8 Å². The van der Waals surface area contributed by atoms with Crippen molar-refractivity contribution in [3.05, 3.63) is 108 Å². The second kappa shape index (κ2) is 42.5. The van der Waals surface area contributed by atoms with Crippen molar-refractivity contribution in [2.45, 2.75) is 189 Å². The maximum Gasteiger partial charge on any atom is 0.325 e. The van der Waals surface area contributed by atoms with Crippen molar-refractivity contribution in [1.82, 2.24) is 88.6 Å². The van der Waals surface area contributed by atoms with Crippen molar-refractivity contribution in [3.63, 3.8) is 0 Å². The number of likely N-dealkylation sites (tertiary alicyclic amines) is 1. The fraction of sp³-hybridized carbons (Fsp3) is 0.478. The maximum atomic E-state index is 14.7. The second-order valence-corrected chi connectivity index (χ2v) is 25.5. The van der Waals surface area contributed by atoms with Gasteiger partial charge in [-0.3, -0.25) is 82.1 Å². The highest BCUT2D eigenvalue weighted by atomic mass is 16.4. The zero-order chi connectivity index (χ0) is 79.9. The van der Waals surface area contributed by atoms with E-state index in [1.165, 1.54) is 32.0 Å². The summed E-state index contributed by atoms with van der Waals surface area (Å²) in [5.41, 5.74) is 13.2. The summed E-state index contributed by atoms with van der Waals surface area (Å²) in [6, 6.07) is -4.94. The number of carboxylic acids is 4. The standard InChI is InChI=1S/C67H92N20O21/c1-33(54(95)76-34(2)55(96)81-44(23-37-13-7-5-8-14-37)59(100)82-45(24-38-15-9-6-10-16-38)60(101)83-47(28-52(93)94)62(103)86-53(36(4)88)64(105)78-35(3)66(107)108)77-57(98)43(19-20-50(89)90)80-61(102)46(27-51(91)92)84-63(104)49-18-12-22-87(49)65(106)48(26-40-30-72-32-75-40)85-58(99)42(17-11-21-73-67(69)70)79-56(97)41(68)25-39-29-71-31-74-39/h5-10,13-16,29-36,41-49,53,88H,11-12,17-28,68H2,1-4H3,(H,71,74)(H,72,75)(H,76,95)(H,77,98)(H,78,105)(H,79,97)(H,80,102)(H,81,96)(H,82,100)(H,83,101)(H,84,104)(H,85,99)(H,86,103)(H,89,90)(H,91,92)(H,93,94)(H,107,108)(H4,69,70,73)/t33-,34-,35-,36+,41-,42-,43-,44-,45-,46-,47-,48-,49-,53-/m0/s1. The molecule has 2 aromatic heterocycles. The molecule has 12 amide bonds. The average Bonchev–Trinajstić information content (AvgIpc) is 1.55. The van der Waals surface area contributed by atoms with Gasteiger partial charge in [-0.05, 0) is 70.9 Å². The number of rotatable bonds is 44. The Hall–Kier alpha value is -12.4. The van der Waals surface area contributed by atoms with Gasteiger partial charge in [0.05, 0.1) is 49.0 Å². The molecule has 14 atom stereocenters. The smallest absolute Gasteiger partial charge is 0.325 e. The molecular formula is C67H92N20O21. The Morgan fingerprint density at radius 3 is 1.45 bits per heavy atom. The van der Waals surface area contributed by atoms with Gasteiger partial charge in [-0.25, -0.2) is 9.97 Å². The Morgan fingerprint density at radius 1 is 0.509 bits per heavy atom. The molecule has 0 spiro atoms. The summed E-state index contributed by atoms with van der Waals surface area (Å²) < 4.78 is 0. The zero-order valence-electron chi connectivity index (χ0n) is 59.3. The van der Waals surface area contributed by atoms with E-state index in [2.05, 4.69) is 83.7 Å². The number of aromatic amines is 2. The van der Waals surface area contributed by atoms with Crippen LogP contribution in [-0.2, 0) is 102 Å². The summed E-state index contributed by atoms with van der Waals surface area (Å²) in [6.45, 7) is 4.50. The van der Waals surface area contributed by atoms with Gasteiger partial charge in [-0.15, -0.1) is 0 Å². The molecular weight excluding hydrogens is 1420 g/mol. The minimum atomic E-state index is -2.01. The molecule has 4 aromatic rings. The van der Waals surface area contributed by atoms with Crippen LogP contribution in [0.3, 0.4) is 0 Å². The predicted octanol–water partition coefficient (Wildman–Crippen LogP) is -6.34. The lowest BCUT2D eigenvalue weighted by Gasteiger charge is -2.30. The van der Waals surface area contributed by atoms with Crippen LogP contribution in [0.1, 0.15) is 102 Å². The highest BCUT2D eigenvalue weighted by molar-refractivity contribution is 6.01. The van der Waals surface area contributed by atoms with Gasteiger partial charge in [0, 0.05) is 57.6 Å². The van der Waals surface area contributed by atoms with E-state index in [4.69, 9.17) is 16.9 Å². The maximum absolute atomic E-state index is 14.7. The summed E-state index contributed by atoms with van der Waals surface area (Å²) in [4.78, 5) is 230. The Morgan fingerprint density at radius 2 is 0.944 bits per heavy atom. The van der Waals surface area contributed by atoms with Gasteiger partial charge in [0.15, 0.2) is 5.96 Å². The number of carbonyl (C=O) groups is 16. The first-order valence-corrected chi connectivity index (χ1v) is 34.2. The largest absolute Gasteiger partial charge is 0.481 e. The van der Waals surface area contributed by atoms with Crippen molar-refractivity contribution in [2.75, 3.05) is 13.1 Å². The van der Waals surface area contributed by atoms with Gasteiger partial charge in [0.25, 0.3) is 0 Å². The first kappa shape index (κ1) is 86.2. The molecule has 0 radical (unpaired) electrons. The summed E-state index contributed by atoms with van der Waals surface area (Å²) in [5.74, 6) is -19.4. The number of carboxylic acid groups (broad SMARTS) is 4. The number of hydrogen-bond acceptors (Lipinski definition) is 21. The number of carbonyl (C=O) groups excluding carboxylic acids is 12. The van der Waals surface area contributed by atoms with Crippen LogP contribution in [0.25, 0.3) is 0 Å². The number of aliphatic carboxylic acids is 4. The van der Waals surface area contributed by atoms with Crippen molar-refractivity contribution in [3.8, 4) is 0 Å². The number of nitrogens with one attached hydrogen (secondary N) is 15. The Bertz CT molecular complexity index is 3810. The molecule has 1 saturated heterocycles. The number of nitrogens with zero attached hydrogens (tertiary/aromatic N) is 3. The van der Waals surface area contributed by atoms with Gasteiger partial charge in [-0.2, -0.15) is 0 Å². The number of benzene rings is 2. The van der Waals surface area contributed by atoms with Crippen molar-refractivity contribution < 1.29 is 102 Å². The van der Waals surface area contributed by atoms with E-state index in [-0.39, 0.29) is 76.1 Å². The van der Waals surface area contributed by atoms with Crippen LogP contribution < -0.4 is 75.3 Å². The summed E-state index contributed by atoms with van der Waals surface area (Å²) in [7, 11) is 0. The van der Waals surface area contributed by atoms with E-state index in [1.807, 2.05) is 0 Å². The minimum Gasteiger partial charge on any atom is -0.481 e. The van der Waals surface area contributed by atoms with Gasteiger partial charge in [0.1, 0.15) is 72.5 Å². The lowest BCUT2D eigenvalue weighted by Crippen LogP contribution is -2.61.